The van der Waals surface area contributed by atoms with Crippen LogP contribution in [0, 0.1) is 5.82 Å². The number of rotatable bonds is 0. The van der Waals surface area contributed by atoms with E-state index in [4.69, 9.17) is 5.11 Å². The molecule has 1 aliphatic rings. The molecule has 1 aromatic carbocycles. The molecule has 80 valence electrons. The molecule has 5 heteroatoms. The lowest BCUT2D eigenvalue weighted by Gasteiger charge is -2.17. The topological polar surface area (TPSA) is 40.5 Å². The van der Waals surface area contributed by atoms with Crippen molar-refractivity contribution in [3.63, 3.8) is 0 Å². The molecule has 15 heavy (non-hydrogen) atoms. The van der Waals surface area contributed by atoms with E-state index in [-0.39, 0.29) is 18.4 Å². The molecule has 3 nitrogen and oxygen atoms in total. The third-order valence-corrected chi connectivity index (χ3v) is 3.29. The van der Waals surface area contributed by atoms with Crippen LogP contribution in [0.2, 0.25) is 0 Å². The number of hydrogen-bond acceptors (Lipinski definition) is 1. The van der Waals surface area contributed by atoms with Gasteiger partial charge in [-0.25, -0.2) is 9.18 Å². The molecule has 1 atom stereocenters. The third-order valence-electron chi connectivity index (χ3n) is 2.69. The zero-order valence-corrected chi connectivity index (χ0v) is 9.58. The largest absolute Gasteiger partial charge is 0.465 e. The molecule has 0 bridgehead atoms. The van der Waals surface area contributed by atoms with Gasteiger partial charge < -0.3 is 5.11 Å². The smallest absolute Gasteiger partial charge is 0.408 e. The highest BCUT2D eigenvalue weighted by atomic mass is 79.9. The normalized spacial score (nSPS) is 19.1. The highest BCUT2D eigenvalue weighted by Gasteiger charge is 2.30. The lowest BCUT2D eigenvalue weighted by atomic mass is 10.1. The van der Waals surface area contributed by atoms with Crippen LogP contribution >= 0.6 is 15.9 Å². The molecule has 1 aliphatic heterocycles. The van der Waals surface area contributed by atoms with Gasteiger partial charge in [-0.1, -0.05) is 0 Å². The maximum Gasteiger partial charge on any atom is 0.408 e. The second kappa shape index (κ2) is 3.48. The van der Waals surface area contributed by atoms with Gasteiger partial charge in [-0.05, 0) is 46.1 Å². The predicted molar refractivity (Wildman–Crippen MR) is 56.1 cm³/mol. The maximum atomic E-state index is 13.2. The highest BCUT2D eigenvalue weighted by molar-refractivity contribution is 9.10. The fourth-order valence-corrected chi connectivity index (χ4v) is 2.21. The fraction of sp³-hybridized carbons (Fsp3) is 0.300. The molecule has 0 aliphatic carbocycles. The standard InChI is InChI=1S/C10H9BrFNO2/c1-5-7-3-8(11)9(12)2-6(7)4-13(5)10(14)15/h2-3,5H,4H2,1H3,(H,14,15). The summed E-state index contributed by atoms with van der Waals surface area (Å²) in [5, 5.41) is 8.91. The van der Waals surface area contributed by atoms with Gasteiger partial charge in [-0.15, -0.1) is 0 Å². The highest BCUT2D eigenvalue weighted by Crippen LogP contribution is 2.35. The second-order valence-electron chi connectivity index (χ2n) is 3.55. The first-order valence-corrected chi connectivity index (χ1v) is 5.27. The molecule has 0 fully saturated rings. The lowest BCUT2D eigenvalue weighted by Crippen LogP contribution is -2.25. The Labute approximate surface area is 94.6 Å². The van der Waals surface area contributed by atoms with E-state index in [1.807, 2.05) is 0 Å². The first-order valence-electron chi connectivity index (χ1n) is 4.48. The Hall–Kier alpha value is -1.10. The first-order chi connectivity index (χ1) is 7.00. The van der Waals surface area contributed by atoms with E-state index in [0.717, 1.165) is 11.1 Å². The molecule has 0 radical (unpaired) electrons. The maximum absolute atomic E-state index is 13.2. The molecule has 1 N–H and O–H groups in total. The number of carboxylic acid groups (broad SMARTS) is 1. The number of nitrogens with zero attached hydrogens (tertiary/aromatic N) is 1. The van der Waals surface area contributed by atoms with E-state index < -0.39 is 6.09 Å². The van der Waals surface area contributed by atoms with Gasteiger partial charge in [0.25, 0.3) is 0 Å². The third kappa shape index (κ3) is 1.61. The molecule has 1 unspecified atom stereocenters. The van der Waals surface area contributed by atoms with Crippen molar-refractivity contribution in [2.24, 2.45) is 0 Å². The number of amides is 1. The van der Waals surface area contributed by atoms with Crippen LogP contribution in [0.3, 0.4) is 0 Å². The lowest BCUT2D eigenvalue weighted by molar-refractivity contribution is 0.132. The van der Waals surface area contributed by atoms with E-state index in [9.17, 15) is 9.18 Å². The number of carbonyl (C=O) groups is 1. The Bertz CT molecular complexity index is 436. The first kappa shape index (κ1) is 10.4. The van der Waals surface area contributed by atoms with E-state index >= 15 is 0 Å². The average molecular weight is 274 g/mol. The molecule has 2 rings (SSSR count). The van der Waals surface area contributed by atoms with Gasteiger partial charge >= 0.3 is 6.09 Å². The van der Waals surface area contributed by atoms with Crippen molar-refractivity contribution >= 4 is 22.0 Å². The van der Waals surface area contributed by atoms with Crippen LogP contribution in [0.4, 0.5) is 9.18 Å². The number of fused-ring (bicyclic) bond motifs is 1. The molecular weight excluding hydrogens is 265 g/mol. The summed E-state index contributed by atoms with van der Waals surface area (Å²) >= 11 is 3.09. The quantitative estimate of drug-likeness (QED) is 0.789. The molecule has 1 aromatic rings. The van der Waals surface area contributed by atoms with Crippen LogP contribution in [0.15, 0.2) is 16.6 Å². The zero-order chi connectivity index (χ0) is 11.2. The van der Waals surface area contributed by atoms with Crippen LogP contribution in [0.25, 0.3) is 0 Å². The summed E-state index contributed by atoms with van der Waals surface area (Å²) in [6.07, 6.45) is -0.977. The van der Waals surface area contributed by atoms with Gasteiger partial charge in [0.2, 0.25) is 0 Å². The molecule has 1 heterocycles. The second-order valence-corrected chi connectivity index (χ2v) is 4.41. The number of benzene rings is 1. The zero-order valence-electron chi connectivity index (χ0n) is 8.00. The van der Waals surface area contributed by atoms with Crippen LogP contribution < -0.4 is 0 Å². The van der Waals surface area contributed by atoms with Crippen molar-refractivity contribution in [2.45, 2.75) is 19.5 Å². The van der Waals surface area contributed by atoms with Crippen molar-refractivity contribution in [3.05, 3.63) is 33.5 Å². The van der Waals surface area contributed by atoms with Crippen LogP contribution in [0.5, 0.6) is 0 Å². The molecule has 0 saturated heterocycles. The molecule has 0 aromatic heterocycles. The Morgan fingerprint density at radius 2 is 2.33 bits per heavy atom. The summed E-state index contributed by atoms with van der Waals surface area (Å²) in [6.45, 7) is 2.06. The Morgan fingerprint density at radius 1 is 1.67 bits per heavy atom. The Morgan fingerprint density at radius 3 is 2.93 bits per heavy atom. The van der Waals surface area contributed by atoms with E-state index in [1.54, 1.807) is 13.0 Å². The summed E-state index contributed by atoms with van der Waals surface area (Å²) in [5.74, 6) is -0.354. The number of halogens is 2. The summed E-state index contributed by atoms with van der Waals surface area (Å²) in [4.78, 5) is 12.2. The van der Waals surface area contributed by atoms with E-state index in [1.165, 1.54) is 11.0 Å². The van der Waals surface area contributed by atoms with Gasteiger partial charge in [-0.2, -0.15) is 0 Å². The van der Waals surface area contributed by atoms with E-state index in [2.05, 4.69) is 15.9 Å². The molecular formula is C10H9BrFNO2. The van der Waals surface area contributed by atoms with Crippen LogP contribution in [-0.2, 0) is 6.54 Å². The van der Waals surface area contributed by atoms with Gasteiger partial charge in [-0.3, -0.25) is 4.90 Å². The van der Waals surface area contributed by atoms with Gasteiger partial charge in [0.15, 0.2) is 0 Å². The molecule has 0 saturated carbocycles. The van der Waals surface area contributed by atoms with Crippen molar-refractivity contribution in [1.82, 2.24) is 4.90 Å². The summed E-state index contributed by atoms with van der Waals surface area (Å²) in [6, 6.07) is 2.83. The minimum atomic E-state index is -0.977. The average Bonchev–Trinajstić information content (AvgIpc) is 2.46. The van der Waals surface area contributed by atoms with Crippen molar-refractivity contribution in [3.8, 4) is 0 Å². The minimum absolute atomic E-state index is 0.214. The Kier molecular flexibility index (Phi) is 2.42. The molecule has 1 amide bonds. The van der Waals surface area contributed by atoms with Crippen molar-refractivity contribution in [2.75, 3.05) is 0 Å². The summed E-state index contributed by atoms with van der Waals surface area (Å²) < 4.78 is 13.6. The SMILES string of the molecule is CC1c2cc(Br)c(F)cc2CN1C(=O)O. The van der Waals surface area contributed by atoms with Crippen molar-refractivity contribution < 1.29 is 14.3 Å². The van der Waals surface area contributed by atoms with Crippen LogP contribution in [0.1, 0.15) is 24.1 Å². The Balaban J connectivity index is 2.45. The monoisotopic (exact) mass is 273 g/mol. The summed E-state index contributed by atoms with van der Waals surface area (Å²) in [5.41, 5.74) is 1.61. The molecule has 0 spiro atoms. The van der Waals surface area contributed by atoms with E-state index in [0.29, 0.717) is 4.47 Å². The summed E-state index contributed by atoms with van der Waals surface area (Å²) in [7, 11) is 0. The van der Waals surface area contributed by atoms with Gasteiger partial charge in [0.1, 0.15) is 5.82 Å². The predicted octanol–water partition coefficient (Wildman–Crippen LogP) is 3.14. The van der Waals surface area contributed by atoms with Crippen LogP contribution in [-0.4, -0.2) is 16.1 Å². The number of hydrogen-bond donors (Lipinski definition) is 1. The van der Waals surface area contributed by atoms with Gasteiger partial charge in [0.05, 0.1) is 17.1 Å². The minimum Gasteiger partial charge on any atom is -0.465 e. The fourth-order valence-electron chi connectivity index (χ4n) is 1.85. The van der Waals surface area contributed by atoms with Gasteiger partial charge in [0, 0.05) is 0 Å². The van der Waals surface area contributed by atoms with Crippen molar-refractivity contribution in [1.29, 1.82) is 0 Å².